The van der Waals surface area contributed by atoms with E-state index < -0.39 is 29.6 Å². The fourth-order valence-electron chi connectivity index (χ4n) is 7.10. The van der Waals surface area contributed by atoms with Crippen LogP contribution in [0.2, 0.25) is 0 Å². The fraction of sp³-hybridized carbons (Fsp3) is 0.500. The molecule has 0 radical (unpaired) electrons. The number of hydrogen-bond donors (Lipinski definition) is 2. The molecule has 210 valence electrons. The molecule has 2 aromatic rings. The molecule has 1 aromatic heterocycles. The molecule has 1 spiro atoms. The smallest absolute Gasteiger partial charge is 0.246 e. The zero-order valence-corrected chi connectivity index (χ0v) is 23.4. The van der Waals surface area contributed by atoms with Crippen molar-refractivity contribution in [2.45, 2.75) is 82.7 Å². The van der Waals surface area contributed by atoms with Crippen LogP contribution in [0.4, 0.5) is 5.69 Å². The molecule has 8 nitrogen and oxygen atoms in total. The van der Waals surface area contributed by atoms with Crippen LogP contribution in [0.15, 0.2) is 60.9 Å². The molecule has 7 atom stereocenters. The second kappa shape index (κ2) is 10.5. The fourth-order valence-corrected chi connectivity index (χ4v) is 7.10. The topological polar surface area (TPSA) is 101 Å². The summed E-state index contributed by atoms with van der Waals surface area (Å²) in [6, 6.07) is 10.7. The van der Waals surface area contributed by atoms with Gasteiger partial charge in [0.05, 0.1) is 17.9 Å². The quantitative estimate of drug-likeness (QED) is 0.511. The van der Waals surface area contributed by atoms with Gasteiger partial charge < -0.3 is 20.3 Å². The van der Waals surface area contributed by atoms with Gasteiger partial charge in [-0.15, -0.1) is 0 Å². The predicted octanol–water partition coefficient (Wildman–Crippen LogP) is 4.19. The van der Waals surface area contributed by atoms with Crippen LogP contribution in [0.5, 0.6) is 0 Å². The van der Waals surface area contributed by atoms with Crippen molar-refractivity contribution in [1.82, 2.24) is 15.2 Å². The Balaban J connectivity index is 1.30. The van der Waals surface area contributed by atoms with E-state index in [2.05, 4.69) is 36.4 Å². The van der Waals surface area contributed by atoms with Crippen molar-refractivity contribution < 1.29 is 19.1 Å². The van der Waals surface area contributed by atoms with Crippen molar-refractivity contribution in [3.8, 4) is 0 Å². The molecule has 4 heterocycles. The third kappa shape index (κ3) is 4.52. The largest absolute Gasteiger partial charge is 0.359 e. The molecule has 3 aliphatic heterocycles. The molecule has 3 amide bonds. The average molecular weight is 543 g/mol. The number of aromatic nitrogens is 1. The molecule has 6 rings (SSSR count). The summed E-state index contributed by atoms with van der Waals surface area (Å²) in [5.41, 5.74) is 1.49. The number of hydrogen-bond acceptors (Lipinski definition) is 5. The Morgan fingerprint density at radius 2 is 1.90 bits per heavy atom. The molecule has 0 unspecified atom stereocenters. The summed E-state index contributed by atoms with van der Waals surface area (Å²) in [6.07, 6.45) is 10.8. The first-order chi connectivity index (χ1) is 19.3. The summed E-state index contributed by atoms with van der Waals surface area (Å²) < 4.78 is 6.48. The summed E-state index contributed by atoms with van der Waals surface area (Å²) in [4.78, 5) is 47.7. The lowest BCUT2D eigenvalue weighted by Gasteiger charge is -2.36. The van der Waals surface area contributed by atoms with E-state index in [0.29, 0.717) is 17.5 Å². The standard InChI is InChI=1S/C32H38N4O4/c1-19(2)22-10-12-23(13-11-22)34-29(37)26-25-14-15-32(40-25)27(26)31(39)36(18-21-8-6-16-33-17-21)28(32)30(38)35-24-9-5-4-7-20(24)3/h6,8,10-17,19-20,24-28H,4-5,7,9,18H2,1-3H3,(H,34,37)(H,35,38)/t20-,24-,25+,26-,27+,28+,32+/m1/s1. The van der Waals surface area contributed by atoms with Gasteiger partial charge in [-0.25, -0.2) is 0 Å². The van der Waals surface area contributed by atoms with Gasteiger partial charge in [-0.05, 0) is 54.0 Å². The molecule has 4 aliphatic rings. The normalized spacial score (nSPS) is 32.4. The van der Waals surface area contributed by atoms with Crippen LogP contribution >= 0.6 is 0 Å². The van der Waals surface area contributed by atoms with Crippen molar-refractivity contribution in [2.24, 2.45) is 17.8 Å². The predicted molar refractivity (Wildman–Crippen MR) is 151 cm³/mol. The first kappa shape index (κ1) is 26.7. The van der Waals surface area contributed by atoms with Crippen LogP contribution in [0.1, 0.15) is 63.5 Å². The Bertz CT molecular complexity index is 1310. The lowest BCUT2D eigenvalue weighted by atomic mass is 9.74. The summed E-state index contributed by atoms with van der Waals surface area (Å²) >= 11 is 0. The van der Waals surface area contributed by atoms with Crippen LogP contribution in [-0.2, 0) is 25.7 Å². The Kier molecular flexibility index (Phi) is 6.98. The molecule has 2 saturated heterocycles. The van der Waals surface area contributed by atoms with E-state index in [1.807, 2.05) is 48.6 Å². The second-order valence-corrected chi connectivity index (χ2v) is 12.2. The van der Waals surface area contributed by atoms with Crippen LogP contribution in [0.25, 0.3) is 0 Å². The maximum Gasteiger partial charge on any atom is 0.246 e. The number of rotatable bonds is 7. The number of ether oxygens (including phenoxy) is 1. The zero-order valence-electron chi connectivity index (χ0n) is 23.4. The second-order valence-electron chi connectivity index (χ2n) is 12.2. The molecule has 2 N–H and O–H groups in total. The number of nitrogens with zero attached hydrogens (tertiary/aromatic N) is 2. The number of amides is 3. The van der Waals surface area contributed by atoms with E-state index in [0.717, 1.165) is 24.8 Å². The van der Waals surface area contributed by atoms with Gasteiger partial charge in [0.2, 0.25) is 17.7 Å². The molecular formula is C32H38N4O4. The monoisotopic (exact) mass is 542 g/mol. The van der Waals surface area contributed by atoms with Gasteiger partial charge in [0.25, 0.3) is 0 Å². The van der Waals surface area contributed by atoms with Gasteiger partial charge in [0, 0.05) is 30.7 Å². The third-order valence-corrected chi connectivity index (χ3v) is 9.28. The van der Waals surface area contributed by atoms with Crippen LogP contribution < -0.4 is 10.6 Å². The first-order valence-corrected chi connectivity index (χ1v) is 14.6. The Hall–Kier alpha value is -3.52. The molecule has 8 heteroatoms. The maximum atomic E-state index is 14.2. The third-order valence-electron chi connectivity index (χ3n) is 9.28. The highest BCUT2D eigenvalue weighted by Crippen LogP contribution is 2.55. The Labute approximate surface area is 235 Å². The van der Waals surface area contributed by atoms with E-state index in [-0.39, 0.29) is 30.3 Å². The van der Waals surface area contributed by atoms with Crippen molar-refractivity contribution >= 4 is 23.4 Å². The minimum Gasteiger partial charge on any atom is -0.359 e. The van der Waals surface area contributed by atoms with Crippen LogP contribution in [0.3, 0.4) is 0 Å². The molecular weight excluding hydrogens is 504 g/mol. The summed E-state index contributed by atoms with van der Waals surface area (Å²) in [5.74, 6) is -1.48. The van der Waals surface area contributed by atoms with E-state index in [1.54, 1.807) is 17.3 Å². The highest BCUT2D eigenvalue weighted by molar-refractivity contribution is 6.02. The lowest BCUT2D eigenvalue weighted by molar-refractivity contribution is -0.142. The molecule has 3 fully saturated rings. The van der Waals surface area contributed by atoms with Crippen molar-refractivity contribution in [2.75, 3.05) is 5.32 Å². The van der Waals surface area contributed by atoms with Gasteiger partial charge in [0.15, 0.2) is 0 Å². The number of pyridine rings is 1. The van der Waals surface area contributed by atoms with Gasteiger partial charge in [-0.2, -0.15) is 0 Å². The first-order valence-electron chi connectivity index (χ1n) is 14.6. The number of anilines is 1. The number of nitrogens with one attached hydrogen (secondary N) is 2. The number of carbonyl (C=O) groups is 3. The SMILES string of the molecule is CC(C)c1ccc(NC(=O)[C@@H]2[C@@H]3C=C[C@]4(O3)[C@@H]2C(=O)N(Cc2cccnc2)[C@H]4C(=O)N[C@@H]2CCCC[C@H]2C)cc1. The number of benzene rings is 1. The highest BCUT2D eigenvalue weighted by atomic mass is 16.5. The maximum absolute atomic E-state index is 14.2. The molecule has 1 aromatic carbocycles. The van der Waals surface area contributed by atoms with E-state index in [1.165, 1.54) is 12.0 Å². The number of carbonyl (C=O) groups excluding carboxylic acids is 3. The van der Waals surface area contributed by atoms with Crippen LogP contribution in [0, 0.1) is 17.8 Å². The van der Waals surface area contributed by atoms with E-state index >= 15 is 0 Å². The van der Waals surface area contributed by atoms with Gasteiger partial charge in [-0.1, -0.05) is 64.0 Å². The number of likely N-dealkylation sites (tertiary alicyclic amines) is 1. The van der Waals surface area contributed by atoms with Gasteiger partial charge in [0.1, 0.15) is 11.6 Å². The molecule has 2 bridgehead atoms. The van der Waals surface area contributed by atoms with Crippen molar-refractivity contribution in [3.63, 3.8) is 0 Å². The minimum absolute atomic E-state index is 0.0579. The zero-order chi connectivity index (χ0) is 28.0. The van der Waals surface area contributed by atoms with Crippen molar-refractivity contribution in [3.05, 3.63) is 72.1 Å². The summed E-state index contributed by atoms with van der Waals surface area (Å²) in [7, 11) is 0. The lowest BCUT2D eigenvalue weighted by Crippen LogP contribution is -2.57. The Morgan fingerprint density at radius 1 is 1.12 bits per heavy atom. The summed E-state index contributed by atoms with van der Waals surface area (Å²) in [6.45, 7) is 6.63. The molecule has 1 aliphatic carbocycles. The van der Waals surface area contributed by atoms with Gasteiger partial charge >= 0.3 is 0 Å². The number of fused-ring (bicyclic) bond motifs is 1. The van der Waals surface area contributed by atoms with Gasteiger partial charge in [-0.3, -0.25) is 19.4 Å². The Morgan fingerprint density at radius 3 is 2.60 bits per heavy atom. The molecule has 40 heavy (non-hydrogen) atoms. The van der Waals surface area contributed by atoms with E-state index in [4.69, 9.17) is 4.74 Å². The summed E-state index contributed by atoms with van der Waals surface area (Å²) in [5, 5.41) is 6.28. The van der Waals surface area contributed by atoms with E-state index in [9.17, 15) is 14.4 Å². The highest BCUT2D eigenvalue weighted by Gasteiger charge is 2.72. The van der Waals surface area contributed by atoms with Crippen LogP contribution in [-0.4, -0.2) is 51.4 Å². The average Bonchev–Trinajstić information content (AvgIpc) is 3.58. The minimum atomic E-state index is -1.19. The molecule has 1 saturated carbocycles. The van der Waals surface area contributed by atoms with Crippen molar-refractivity contribution in [1.29, 1.82) is 0 Å².